The van der Waals surface area contributed by atoms with Crippen LogP contribution in [0.25, 0.3) is 0 Å². The van der Waals surface area contributed by atoms with Gasteiger partial charge in [-0.25, -0.2) is 9.78 Å². The molecule has 2 saturated heterocycles. The fourth-order valence-corrected chi connectivity index (χ4v) is 4.77. The number of nitrogens with zero attached hydrogens (tertiary/aromatic N) is 2. The smallest absolute Gasteiger partial charge is 0.410 e. The number of aromatic nitrogens is 1. The van der Waals surface area contributed by atoms with Crippen LogP contribution in [-0.2, 0) is 16.1 Å². The van der Waals surface area contributed by atoms with Crippen LogP contribution in [-0.4, -0.2) is 47.7 Å². The maximum Gasteiger partial charge on any atom is 0.410 e. The van der Waals surface area contributed by atoms with Gasteiger partial charge in [-0.05, 0) is 31.2 Å². The predicted octanol–water partition coefficient (Wildman–Crippen LogP) is 3.11. The minimum absolute atomic E-state index is 0.0757. The van der Waals surface area contributed by atoms with Gasteiger partial charge in [-0.15, -0.1) is 0 Å². The summed E-state index contributed by atoms with van der Waals surface area (Å²) in [6.07, 6.45) is 2.82. The maximum absolute atomic E-state index is 12.6. The molecule has 1 aromatic carbocycles. The molecule has 3 heterocycles. The third-order valence-corrected chi connectivity index (χ3v) is 6.40. The topological polar surface area (TPSA) is 107 Å². The van der Waals surface area contributed by atoms with Crippen molar-refractivity contribution in [2.45, 2.75) is 44.4 Å². The molecule has 2 aromatic rings. The Hall–Kier alpha value is -2.65. The normalized spacial score (nSPS) is 19.6. The highest BCUT2D eigenvalue weighted by Gasteiger charge is 2.34. The minimum Gasteiger partial charge on any atom is -0.445 e. The summed E-state index contributed by atoms with van der Waals surface area (Å²) < 4.78 is 10.8. The fraction of sp³-hybridized carbons (Fsp3) is 0.476. The average molecular weight is 431 g/mol. The van der Waals surface area contributed by atoms with Gasteiger partial charge in [0.1, 0.15) is 16.6 Å². The Kier molecular flexibility index (Phi) is 6.49. The number of nitrogens with two attached hydrogens (primary N) is 1. The summed E-state index contributed by atoms with van der Waals surface area (Å²) in [5.41, 5.74) is 7.29. The number of carbonyl (C=O) groups excluding carboxylic acids is 2. The van der Waals surface area contributed by atoms with Crippen molar-refractivity contribution in [3.05, 3.63) is 46.6 Å². The molecule has 2 aliphatic rings. The summed E-state index contributed by atoms with van der Waals surface area (Å²) in [5, 5.41) is 4.05. The first-order valence-electron chi connectivity index (χ1n) is 10.2. The molecule has 0 saturated carbocycles. The number of carbonyl (C=O) groups is 2. The number of rotatable bonds is 5. The van der Waals surface area contributed by atoms with E-state index in [2.05, 4.69) is 10.3 Å². The Bertz CT molecular complexity index is 882. The molecule has 0 aliphatic carbocycles. The molecule has 2 aliphatic heterocycles. The van der Waals surface area contributed by atoms with Crippen LogP contribution in [0.15, 0.2) is 30.3 Å². The fourth-order valence-electron chi connectivity index (χ4n) is 3.79. The number of anilines is 1. The highest BCUT2D eigenvalue weighted by molar-refractivity contribution is 7.16. The molecule has 160 valence electrons. The van der Waals surface area contributed by atoms with Crippen molar-refractivity contribution in [3.63, 3.8) is 0 Å². The second-order valence-electron chi connectivity index (χ2n) is 7.52. The Balaban J connectivity index is 1.40. The number of hydrogen-bond donors (Lipinski definition) is 2. The van der Waals surface area contributed by atoms with Crippen LogP contribution in [0, 0.1) is 0 Å². The highest BCUT2D eigenvalue weighted by Crippen LogP contribution is 2.37. The zero-order chi connectivity index (χ0) is 20.9. The molecular weight excluding hydrogens is 404 g/mol. The van der Waals surface area contributed by atoms with E-state index in [1.807, 2.05) is 30.3 Å². The summed E-state index contributed by atoms with van der Waals surface area (Å²) >= 11 is 1.27. The largest absolute Gasteiger partial charge is 0.445 e. The number of nitrogens with one attached hydrogen (secondary N) is 1. The van der Waals surface area contributed by atoms with Crippen molar-refractivity contribution >= 4 is 28.3 Å². The quantitative estimate of drug-likeness (QED) is 0.755. The minimum atomic E-state index is -0.372. The number of benzene rings is 1. The summed E-state index contributed by atoms with van der Waals surface area (Å²) in [6.45, 7) is 2.11. The van der Waals surface area contributed by atoms with Crippen LogP contribution in [0.2, 0.25) is 0 Å². The Morgan fingerprint density at radius 1 is 1.23 bits per heavy atom. The van der Waals surface area contributed by atoms with Gasteiger partial charge in [0.15, 0.2) is 5.69 Å². The number of likely N-dealkylation sites (tertiary alicyclic amines) is 1. The molecule has 4 rings (SSSR count). The summed E-state index contributed by atoms with van der Waals surface area (Å²) in [6, 6.07) is 9.43. The molecule has 8 nitrogen and oxygen atoms in total. The van der Waals surface area contributed by atoms with E-state index in [0.29, 0.717) is 29.8 Å². The van der Waals surface area contributed by atoms with Crippen LogP contribution < -0.4 is 11.1 Å². The SMILES string of the molecule is Nc1sc(C2CCCN2C(=O)OCc2ccccc2)nc1C(=O)NC1CCOCC1. The lowest BCUT2D eigenvalue weighted by Gasteiger charge is -2.23. The number of ether oxygens (including phenoxy) is 2. The molecule has 3 N–H and O–H groups in total. The molecule has 0 radical (unpaired) electrons. The van der Waals surface area contributed by atoms with Gasteiger partial charge in [0.05, 0.1) is 6.04 Å². The lowest BCUT2D eigenvalue weighted by Crippen LogP contribution is -2.39. The van der Waals surface area contributed by atoms with Crippen molar-refractivity contribution in [1.82, 2.24) is 15.2 Å². The van der Waals surface area contributed by atoms with Gasteiger partial charge in [-0.3, -0.25) is 9.69 Å². The van der Waals surface area contributed by atoms with Crippen molar-refractivity contribution in [3.8, 4) is 0 Å². The van der Waals surface area contributed by atoms with Gasteiger partial charge in [0.25, 0.3) is 5.91 Å². The molecule has 9 heteroatoms. The highest BCUT2D eigenvalue weighted by atomic mass is 32.1. The third-order valence-electron chi connectivity index (χ3n) is 5.42. The van der Waals surface area contributed by atoms with Gasteiger partial charge < -0.3 is 20.5 Å². The Labute approximate surface area is 179 Å². The van der Waals surface area contributed by atoms with E-state index in [9.17, 15) is 9.59 Å². The molecule has 1 unspecified atom stereocenters. The molecule has 2 fully saturated rings. The second-order valence-corrected chi connectivity index (χ2v) is 8.58. The van der Waals surface area contributed by atoms with E-state index >= 15 is 0 Å². The number of amides is 2. The van der Waals surface area contributed by atoms with Gasteiger partial charge in [-0.2, -0.15) is 0 Å². The van der Waals surface area contributed by atoms with Crippen molar-refractivity contribution < 1.29 is 19.1 Å². The first-order valence-corrected chi connectivity index (χ1v) is 11.1. The predicted molar refractivity (Wildman–Crippen MR) is 113 cm³/mol. The number of hydrogen-bond acceptors (Lipinski definition) is 7. The molecule has 0 bridgehead atoms. The van der Waals surface area contributed by atoms with Crippen molar-refractivity contribution in [2.24, 2.45) is 0 Å². The summed E-state index contributed by atoms with van der Waals surface area (Å²) in [7, 11) is 0. The Morgan fingerprint density at radius 3 is 2.77 bits per heavy atom. The van der Waals surface area contributed by atoms with Gasteiger partial charge in [0.2, 0.25) is 0 Å². The summed E-state index contributed by atoms with van der Waals surface area (Å²) in [4.78, 5) is 31.5. The van der Waals surface area contributed by atoms with Crippen LogP contribution in [0.3, 0.4) is 0 Å². The standard InChI is InChI=1S/C21H26N4O4S/c22-18-17(19(26)23-15-8-11-28-12-9-15)24-20(30-18)16-7-4-10-25(16)21(27)29-13-14-5-2-1-3-6-14/h1-3,5-6,15-16H,4,7-13,22H2,(H,23,26). The monoisotopic (exact) mass is 430 g/mol. The molecule has 2 amide bonds. The first-order chi connectivity index (χ1) is 14.6. The second kappa shape index (κ2) is 9.44. The summed E-state index contributed by atoms with van der Waals surface area (Å²) in [5.74, 6) is -0.266. The van der Waals surface area contributed by atoms with Gasteiger partial charge in [0, 0.05) is 25.8 Å². The molecule has 0 spiro atoms. The average Bonchev–Trinajstić information content (AvgIpc) is 3.40. The maximum atomic E-state index is 12.6. The van der Waals surface area contributed by atoms with E-state index < -0.39 is 0 Å². The van der Waals surface area contributed by atoms with E-state index in [-0.39, 0.29) is 36.4 Å². The zero-order valence-corrected chi connectivity index (χ0v) is 17.5. The van der Waals surface area contributed by atoms with Gasteiger partial charge in [-0.1, -0.05) is 41.7 Å². The van der Waals surface area contributed by atoms with Crippen LogP contribution in [0.4, 0.5) is 9.80 Å². The van der Waals surface area contributed by atoms with Gasteiger partial charge >= 0.3 is 6.09 Å². The third kappa shape index (κ3) is 4.73. The lowest BCUT2D eigenvalue weighted by molar-refractivity contribution is 0.0695. The lowest BCUT2D eigenvalue weighted by atomic mass is 10.1. The molecule has 1 aromatic heterocycles. The van der Waals surface area contributed by atoms with Crippen molar-refractivity contribution in [2.75, 3.05) is 25.5 Å². The van der Waals surface area contributed by atoms with E-state index in [4.69, 9.17) is 15.2 Å². The Morgan fingerprint density at radius 2 is 2.00 bits per heavy atom. The van der Waals surface area contributed by atoms with Crippen LogP contribution in [0.5, 0.6) is 0 Å². The number of nitrogen functional groups attached to an aromatic ring is 1. The zero-order valence-electron chi connectivity index (χ0n) is 16.7. The molecule has 1 atom stereocenters. The van der Waals surface area contributed by atoms with E-state index in [1.165, 1.54) is 11.3 Å². The van der Waals surface area contributed by atoms with Crippen molar-refractivity contribution in [1.29, 1.82) is 0 Å². The molecular formula is C21H26N4O4S. The van der Waals surface area contributed by atoms with Crippen LogP contribution in [0.1, 0.15) is 52.8 Å². The van der Waals surface area contributed by atoms with Crippen LogP contribution >= 0.6 is 11.3 Å². The molecule has 30 heavy (non-hydrogen) atoms. The van der Waals surface area contributed by atoms with E-state index in [1.54, 1.807) is 4.90 Å². The number of thiazole rings is 1. The first kappa shape index (κ1) is 20.6. The van der Waals surface area contributed by atoms with E-state index in [0.717, 1.165) is 31.2 Å².